The Labute approximate surface area is 75.9 Å². The number of hydrogen-bond donors (Lipinski definition) is 0. The summed E-state index contributed by atoms with van der Waals surface area (Å²) in [6, 6.07) is 3.04. The van der Waals surface area contributed by atoms with Gasteiger partial charge in [-0.25, -0.2) is 4.39 Å². The van der Waals surface area contributed by atoms with Crippen molar-refractivity contribution in [3.8, 4) is 0 Å². The van der Waals surface area contributed by atoms with E-state index in [1.807, 2.05) is 12.2 Å². The molecule has 1 nitrogen and oxygen atoms in total. The van der Waals surface area contributed by atoms with E-state index in [1.165, 1.54) is 6.07 Å². The zero-order valence-electron chi connectivity index (χ0n) is 7.30. The van der Waals surface area contributed by atoms with Crippen molar-refractivity contribution in [3.63, 3.8) is 0 Å². The molecule has 0 spiro atoms. The lowest BCUT2D eigenvalue weighted by molar-refractivity contribution is 0.0993. The van der Waals surface area contributed by atoms with Crippen LogP contribution in [0.5, 0.6) is 0 Å². The maximum absolute atomic E-state index is 13.1. The van der Waals surface area contributed by atoms with Gasteiger partial charge < -0.3 is 0 Å². The van der Waals surface area contributed by atoms with E-state index in [4.69, 9.17) is 0 Å². The number of Topliss-reactive ketones (excluding diaryl/α,β-unsaturated/α-hetero) is 1. The Kier molecular flexibility index (Phi) is 1.76. The largest absolute Gasteiger partial charge is 0.294 e. The van der Waals surface area contributed by atoms with Gasteiger partial charge in [0, 0.05) is 12.0 Å². The van der Waals surface area contributed by atoms with Crippen molar-refractivity contribution in [2.45, 2.75) is 13.3 Å². The fourth-order valence-electron chi connectivity index (χ4n) is 1.61. The highest BCUT2D eigenvalue weighted by molar-refractivity contribution is 6.03. The maximum atomic E-state index is 13.1. The van der Waals surface area contributed by atoms with Crippen LogP contribution in [0.4, 0.5) is 4.39 Å². The minimum Gasteiger partial charge on any atom is -0.294 e. The van der Waals surface area contributed by atoms with Crippen molar-refractivity contribution in [2.24, 2.45) is 0 Å². The second kappa shape index (κ2) is 2.80. The standard InChI is InChI=1S/C11H9FO/c1-7-9(12)6-5-8-3-2-4-10(13)11(7)8/h2-3,5-6H,4H2,1H3. The van der Waals surface area contributed by atoms with Gasteiger partial charge in [-0.3, -0.25) is 4.79 Å². The van der Waals surface area contributed by atoms with Gasteiger partial charge in [-0.05, 0) is 24.1 Å². The van der Waals surface area contributed by atoms with Crippen LogP contribution in [0.15, 0.2) is 18.2 Å². The van der Waals surface area contributed by atoms with Gasteiger partial charge >= 0.3 is 0 Å². The molecular weight excluding hydrogens is 167 g/mol. The molecule has 0 bridgehead atoms. The van der Waals surface area contributed by atoms with Crippen molar-refractivity contribution in [3.05, 3.63) is 40.7 Å². The number of carbonyl (C=O) groups excluding carboxylic acids is 1. The molecule has 1 aliphatic carbocycles. The predicted molar refractivity (Wildman–Crippen MR) is 49.1 cm³/mol. The van der Waals surface area contributed by atoms with Crippen LogP contribution in [0.3, 0.4) is 0 Å². The second-order valence-corrected chi connectivity index (χ2v) is 3.17. The van der Waals surface area contributed by atoms with E-state index in [0.29, 0.717) is 17.5 Å². The summed E-state index contributed by atoms with van der Waals surface area (Å²) in [5.74, 6) is -0.295. The van der Waals surface area contributed by atoms with Crippen molar-refractivity contribution < 1.29 is 9.18 Å². The van der Waals surface area contributed by atoms with Crippen LogP contribution >= 0.6 is 0 Å². The third-order valence-corrected chi connectivity index (χ3v) is 2.31. The Morgan fingerprint density at radius 2 is 2.15 bits per heavy atom. The van der Waals surface area contributed by atoms with E-state index in [-0.39, 0.29) is 11.6 Å². The molecule has 0 atom stereocenters. The number of rotatable bonds is 0. The van der Waals surface area contributed by atoms with Crippen LogP contribution < -0.4 is 0 Å². The molecule has 0 radical (unpaired) electrons. The summed E-state index contributed by atoms with van der Waals surface area (Å²) in [6.45, 7) is 1.64. The first kappa shape index (κ1) is 8.17. The highest BCUT2D eigenvalue weighted by atomic mass is 19.1. The highest BCUT2D eigenvalue weighted by Crippen LogP contribution is 2.24. The van der Waals surface area contributed by atoms with Gasteiger partial charge in [0.25, 0.3) is 0 Å². The van der Waals surface area contributed by atoms with Crippen LogP contribution in [0.2, 0.25) is 0 Å². The lowest BCUT2D eigenvalue weighted by Gasteiger charge is -2.12. The topological polar surface area (TPSA) is 17.1 Å². The Morgan fingerprint density at radius 3 is 2.92 bits per heavy atom. The molecule has 0 aliphatic heterocycles. The number of halogens is 1. The van der Waals surface area contributed by atoms with E-state index in [2.05, 4.69) is 0 Å². The monoisotopic (exact) mass is 176 g/mol. The lowest BCUT2D eigenvalue weighted by Crippen LogP contribution is -2.08. The molecule has 0 amide bonds. The maximum Gasteiger partial charge on any atom is 0.167 e. The molecule has 2 rings (SSSR count). The molecule has 1 aromatic carbocycles. The lowest BCUT2D eigenvalue weighted by atomic mass is 9.92. The predicted octanol–water partition coefficient (Wildman–Crippen LogP) is 2.73. The number of hydrogen-bond acceptors (Lipinski definition) is 1. The molecule has 0 fully saturated rings. The highest BCUT2D eigenvalue weighted by Gasteiger charge is 2.17. The molecule has 0 saturated heterocycles. The summed E-state index contributed by atoms with van der Waals surface area (Å²) < 4.78 is 13.1. The molecule has 1 aliphatic rings. The summed E-state index contributed by atoms with van der Waals surface area (Å²) in [4.78, 5) is 11.4. The first-order chi connectivity index (χ1) is 6.20. The quantitative estimate of drug-likeness (QED) is 0.594. The third-order valence-electron chi connectivity index (χ3n) is 2.31. The first-order valence-electron chi connectivity index (χ1n) is 4.19. The number of fused-ring (bicyclic) bond motifs is 1. The molecule has 0 N–H and O–H groups in total. The van der Waals surface area contributed by atoms with E-state index in [9.17, 15) is 9.18 Å². The van der Waals surface area contributed by atoms with Crippen LogP contribution in [-0.4, -0.2) is 5.78 Å². The van der Waals surface area contributed by atoms with Gasteiger partial charge in [-0.2, -0.15) is 0 Å². The SMILES string of the molecule is Cc1c(F)ccc2c1C(=O)CC=C2. The zero-order chi connectivity index (χ0) is 9.42. The Bertz CT molecular complexity index is 405. The molecule has 13 heavy (non-hydrogen) atoms. The minimum atomic E-state index is -0.303. The average molecular weight is 176 g/mol. The Balaban J connectivity index is 2.73. The fraction of sp³-hybridized carbons (Fsp3) is 0.182. The fourth-order valence-corrected chi connectivity index (χ4v) is 1.61. The smallest absolute Gasteiger partial charge is 0.167 e. The van der Waals surface area contributed by atoms with Gasteiger partial charge in [0.05, 0.1) is 0 Å². The van der Waals surface area contributed by atoms with E-state index in [1.54, 1.807) is 13.0 Å². The van der Waals surface area contributed by atoms with Gasteiger partial charge in [0.15, 0.2) is 5.78 Å². The first-order valence-corrected chi connectivity index (χ1v) is 4.19. The molecule has 1 aromatic rings. The Hall–Kier alpha value is -1.44. The van der Waals surface area contributed by atoms with Crippen molar-refractivity contribution >= 4 is 11.9 Å². The summed E-state index contributed by atoms with van der Waals surface area (Å²) in [5.41, 5.74) is 1.84. The zero-order valence-corrected chi connectivity index (χ0v) is 7.30. The van der Waals surface area contributed by atoms with Crippen molar-refractivity contribution in [1.29, 1.82) is 0 Å². The van der Waals surface area contributed by atoms with E-state index in [0.717, 1.165) is 5.56 Å². The van der Waals surface area contributed by atoms with E-state index < -0.39 is 0 Å². The summed E-state index contributed by atoms with van der Waals surface area (Å²) in [5, 5.41) is 0. The number of benzene rings is 1. The number of carbonyl (C=O) groups is 1. The van der Waals surface area contributed by atoms with Crippen molar-refractivity contribution in [1.82, 2.24) is 0 Å². The van der Waals surface area contributed by atoms with Crippen molar-refractivity contribution in [2.75, 3.05) is 0 Å². The number of allylic oxidation sites excluding steroid dienone is 1. The third kappa shape index (κ3) is 1.18. The molecule has 2 heteroatoms. The van der Waals surface area contributed by atoms with Gasteiger partial charge in [-0.1, -0.05) is 18.2 Å². The van der Waals surface area contributed by atoms with Crippen LogP contribution in [0, 0.1) is 12.7 Å². The molecule has 0 unspecified atom stereocenters. The minimum absolute atomic E-state index is 0.00880. The van der Waals surface area contributed by atoms with E-state index >= 15 is 0 Å². The normalized spacial score (nSPS) is 14.5. The van der Waals surface area contributed by atoms with Gasteiger partial charge in [0.2, 0.25) is 0 Å². The van der Waals surface area contributed by atoms with Crippen LogP contribution in [-0.2, 0) is 0 Å². The second-order valence-electron chi connectivity index (χ2n) is 3.17. The molecule has 0 saturated carbocycles. The summed E-state index contributed by atoms with van der Waals surface area (Å²) in [7, 11) is 0. The summed E-state index contributed by atoms with van der Waals surface area (Å²) in [6.07, 6.45) is 4.06. The average Bonchev–Trinajstić information content (AvgIpc) is 2.12. The molecule has 66 valence electrons. The molecule has 0 aromatic heterocycles. The van der Waals surface area contributed by atoms with Crippen LogP contribution in [0.1, 0.15) is 27.9 Å². The van der Waals surface area contributed by atoms with Gasteiger partial charge in [-0.15, -0.1) is 0 Å². The molecule has 0 heterocycles. The van der Waals surface area contributed by atoms with Crippen LogP contribution in [0.25, 0.3) is 6.08 Å². The Morgan fingerprint density at radius 1 is 1.38 bits per heavy atom. The number of ketones is 1. The molecular formula is C11H9FO. The summed E-state index contributed by atoms with van der Waals surface area (Å²) >= 11 is 0. The van der Waals surface area contributed by atoms with Gasteiger partial charge in [0.1, 0.15) is 5.82 Å².